The van der Waals surface area contributed by atoms with Gasteiger partial charge in [0.15, 0.2) is 0 Å². The van der Waals surface area contributed by atoms with E-state index >= 15 is 0 Å². The predicted molar refractivity (Wildman–Crippen MR) is 42.4 cm³/mol. The summed E-state index contributed by atoms with van der Waals surface area (Å²) in [5.41, 5.74) is 2.61. The van der Waals surface area contributed by atoms with Crippen LogP contribution in [0.15, 0.2) is 0 Å². The molecule has 0 spiro atoms. The molecule has 0 aromatic rings. The predicted octanol–water partition coefficient (Wildman–Crippen LogP) is 1.09. The van der Waals surface area contributed by atoms with Crippen LogP contribution >= 0.6 is 22.6 Å². The second kappa shape index (κ2) is 5.74. The average Bonchev–Trinajstić information content (AvgIpc) is 1.68. The Morgan fingerprint density at radius 3 is 2.75 bits per heavy atom. The maximum absolute atomic E-state index is 10.4. The van der Waals surface area contributed by atoms with Crippen LogP contribution in [-0.4, -0.2) is 16.3 Å². The summed E-state index contributed by atoms with van der Waals surface area (Å²) in [6, 6.07) is 0. The van der Waals surface area contributed by atoms with Crippen LogP contribution in [0.25, 0.3) is 0 Å². The van der Waals surface area contributed by atoms with Gasteiger partial charge in [-0.15, -0.1) is 0 Å². The molecule has 0 aliphatic carbocycles. The number of alkyl halides is 1. The highest BCUT2D eigenvalue weighted by Gasteiger charge is 1.82. The fraction of sp³-hybridized carbons (Fsp3) is 1.00. The van der Waals surface area contributed by atoms with E-state index in [0.29, 0.717) is 11.1 Å². The van der Waals surface area contributed by atoms with Gasteiger partial charge in [0.1, 0.15) is 0 Å². The van der Waals surface area contributed by atoms with Gasteiger partial charge in [-0.2, -0.15) is 0 Å². The fourth-order valence-corrected chi connectivity index (χ4v) is 0.729. The first kappa shape index (κ1) is 8.61. The van der Waals surface area contributed by atoms with Crippen molar-refractivity contribution >= 4 is 22.6 Å². The van der Waals surface area contributed by atoms with Gasteiger partial charge >= 0.3 is 0 Å². The third-order valence-electron chi connectivity index (χ3n) is 0.663. The largest absolute Gasteiger partial charge is 0.772 e. The lowest BCUT2D eigenvalue weighted by molar-refractivity contribution is 0.298. The molecule has 3 nitrogen and oxygen atoms in total. The van der Waals surface area contributed by atoms with Crippen molar-refractivity contribution in [2.24, 2.45) is 0 Å². The van der Waals surface area contributed by atoms with E-state index in [-0.39, 0.29) is 0 Å². The molecule has 0 aromatic carbocycles. The van der Waals surface area contributed by atoms with E-state index in [1.165, 1.54) is 0 Å². The Labute approximate surface area is 63.1 Å². The average molecular weight is 229 g/mol. The van der Waals surface area contributed by atoms with Gasteiger partial charge in [-0.1, -0.05) is 29.5 Å². The van der Waals surface area contributed by atoms with E-state index in [2.05, 4.69) is 28.0 Å². The van der Waals surface area contributed by atoms with Gasteiger partial charge in [0, 0.05) is 0 Å². The van der Waals surface area contributed by atoms with Crippen LogP contribution in [0.5, 0.6) is 0 Å². The first-order valence-corrected chi connectivity index (χ1v) is 4.08. The number of hydrogen-bond donors (Lipinski definition) is 1. The zero-order valence-electron chi connectivity index (χ0n) is 4.85. The second-order valence-electron chi connectivity index (χ2n) is 1.39. The first-order valence-electron chi connectivity index (χ1n) is 2.55. The molecule has 0 aliphatic rings. The Balaban J connectivity index is 2.92. The summed E-state index contributed by atoms with van der Waals surface area (Å²) in [6.07, 6.45) is 0.896. The first-order chi connectivity index (χ1) is 3.81. The van der Waals surface area contributed by atoms with Crippen LogP contribution in [0.4, 0.5) is 0 Å². The number of hydrazine groups is 1. The molecule has 0 saturated carbocycles. The summed E-state index contributed by atoms with van der Waals surface area (Å²) in [4.78, 5) is 0. The van der Waals surface area contributed by atoms with Crippen molar-refractivity contribution < 1.29 is 0 Å². The van der Waals surface area contributed by atoms with Crippen molar-refractivity contribution in [2.75, 3.05) is 11.1 Å². The highest BCUT2D eigenvalue weighted by molar-refractivity contribution is 14.1. The third-order valence-corrected chi connectivity index (χ3v) is 1.00. The molecule has 1 N–H and O–H groups in total. The second-order valence-corrected chi connectivity index (χ2v) is 2.16. The zero-order valence-corrected chi connectivity index (χ0v) is 7.01. The van der Waals surface area contributed by atoms with Gasteiger partial charge in [-0.05, 0) is 13.0 Å². The minimum atomic E-state index is 0.572. The monoisotopic (exact) mass is 229 g/mol. The summed E-state index contributed by atoms with van der Waals surface area (Å²) < 4.78 is 0.682. The summed E-state index contributed by atoms with van der Waals surface area (Å²) in [6.45, 7) is 2.54. The molecule has 0 bridgehead atoms. The molecule has 0 saturated heterocycles. The third kappa shape index (κ3) is 4.76. The Bertz CT molecular complexity index is 47.3. The lowest BCUT2D eigenvalue weighted by Gasteiger charge is -2.26. The Kier molecular flexibility index (Phi) is 6.18. The number of nitrogens with zero attached hydrogens (tertiary/aromatic N) is 1. The van der Waals surface area contributed by atoms with Crippen molar-refractivity contribution in [3.63, 3.8) is 0 Å². The molecule has 0 aliphatic heterocycles. The molecule has 4 heteroatoms. The molecule has 0 atom stereocenters. The lowest BCUT2D eigenvalue weighted by Crippen LogP contribution is -2.31. The van der Waals surface area contributed by atoms with Crippen LogP contribution in [0.1, 0.15) is 13.3 Å². The summed E-state index contributed by atoms with van der Waals surface area (Å²) in [7, 11) is 0. The van der Waals surface area contributed by atoms with E-state index < -0.39 is 0 Å². The molecular weight excluding hydrogens is 219 g/mol. The van der Waals surface area contributed by atoms with Crippen molar-refractivity contribution in [2.45, 2.75) is 13.3 Å². The minimum absolute atomic E-state index is 0.572. The minimum Gasteiger partial charge on any atom is -0.772 e. The summed E-state index contributed by atoms with van der Waals surface area (Å²) in [5.74, 6) is 0. The number of hydrogen-bond acceptors (Lipinski definition) is 3. The Morgan fingerprint density at radius 2 is 2.38 bits per heavy atom. The number of nitrogens with one attached hydrogen (secondary N) is 1. The van der Waals surface area contributed by atoms with Crippen molar-refractivity contribution in [3.8, 4) is 0 Å². The number of halogens is 1. The van der Waals surface area contributed by atoms with E-state index in [9.17, 15) is 5.21 Å². The maximum Gasteiger partial charge on any atom is 0.0611 e. The van der Waals surface area contributed by atoms with E-state index in [4.69, 9.17) is 0 Å². The number of hydroxylamine groups is 1. The smallest absolute Gasteiger partial charge is 0.0611 e. The fourth-order valence-electron chi connectivity index (χ4n) is 0.349. The topological polar surface area (TPSA) is 38.3 Å². The standard InChI is InChI=1S/C4H10IN2O/c1-2-3-7(8)6-4-5/h6H,2-4H2,1H3/q-1. The molecule has 0 aromatic heterocycles. The highest BCUT2D eigenvalue weighted by atomic mass is 127. The molecule has 0 rings (SSSR count). The van der Waals surface area contributed by atoms with Gasteiger partial charge in [0.25, 0.3) is 0 Å². The van der Waals surface area contributed by atoms with Crippen molar-refractivity contribution in [1.29, 1.82) is 0 Å². The molecule has 8 heavy (non-hydrogen) atoms. The van der Waals surface area contributed by atoms with Crippen LogP contribution in [0.3, 0.4) is 0 Å². The van der Waals surface area contributed by atoms with Gasteiger partial charge in [-0.25, -0.2) is 0 Å². The molecular formula is C4H10IN2O-. The SMILES string of the molecule is CCCN([O-])NCI. The lowest BCUT2D eigenvalue weighted by atomic mass is 10.5. The van der Waals surface area contributed by atoms with Crippen LogP contribution in [0.2, 0.25) is 0 Å². The molecule has 0 fully saturated rings. The van der Waals surface area contributed by atoms with Gasteiger partial charge in [-0.3, -0.25) is 5.43 Å². The van der Waals surface area contributed by atoms with Crippen molar-refractivity contribution in [1.82, 2.24) is 10.6 Å². The summed E-state index contributed by atoms with van der Waals surface area (Å²) >= 11 is 2.09. The van der Waals surface area contributed by atoms with Gasteiger partial charge in [0.05, 0.1) is 4.55 Å². The van der Waals surface area contributed by atoms with Crippen LogP contribution in [-0.2, 0) is 0 Å². The normalized spacial score (nSPS) is 10.5. The van der Waals surface area contributed by atoms with Crippen LogP contribution < -0.4 is 5.43 Å². The van der Waals surface area contributed by atoms with E-state index in [0.717, 1.165) is 11.6 Å². The highest BCUT2D eigenvalue weighted by Crippen LogP contribution is 1.83. The Hall–Kier alpha value is 0.610. The van der Waals surface area contributed by atoms with E-state index in [1.54, 1.807) is 0 Å². The molecule has 0 heterocycles. The van der Waals surface area contributed by atoms with Crippen molar-refractivity contribution in [3.05, 3.63) is 5.21 Å². The molecule has 0 radical (unpaired) electrons. The van der Waals surface area contributed by atoms with Gasteiger partial charge in [0.2, 0.25) is 0 Å². The molecule has 50 valence electrons. The van der Waals surface area contributed by atoms with E-state index in [1.807, 2.05) is 6.92 Å². The maximum atomic E-state index is 10.4. The summed E-state index contributed by atoms with van der Waals surface area (Å²) in [5, 5.41) is 11.3. The van der Waals surface area contributed by atoms with Crippen LogP contribution in [0, 0.1) is 5.21 Å². The quantitative estimate of drug-likeness (QED) is 0.339. The number of rotatable bonds is 4. The zero-order chi connectivity index (χ0) is 6.41. The molecule has 0 unspecified atom stereocenters. The van der Waals surface area contributed by atoms with Gasteiger partial charge < -0.3 is 10.4 Å². The Morgan fingerprint density at radius 1 is 1.75 bits per heavy atom. The molecule has 0 amide bonds.